The molecule has 0 radical (unpaired) electrons. The molecule has 0 aromatic heterocycles. The predicted octanol–water partition coefficient (Wildman–Crippen LogP) is 2.22. The van der Waals surface area contributed by atoms with Crippen molar-refractivity contribution < 1.29 is 14.3 Å². The number of hydrogen-bond acceptors (Lipinski definition) is 3. The number of primary amides is 1. The summed E-state index contributed by atoms with van der Waals surface area (Å²) in [5, 5.41) is 0.595. The molecule has 2 unspecified atom stereocenters. The number of piperidine rings is 1. The Morgan fingerprint density at radius 1 is 1.41 bits per heavy atom. The molecule has 1 aromatic rings. The highest BCUT2D eigenvalue weighted by atomic mass is 35.5. The highest BCUT2D eigenvalue weighted by Gasteiger charge is 2.31. The zero-order chi connectivity index (χ0) is 16.1. The number of likely N-dealkylation sites (tertiary alicyclic amines) is 1. The van der Waals surface area contributed by atoms with Gasteiger partial charge in [0.25, 0.3) is 0 Å². The first-order chi connectivity index (χ1) is 10.5. The quantitative estimate of drug-likeness (QED) is 0.902. The Bertz CT molecular complexity index is 550. The zero-order valence-corrected chi connectivity index (χ0v) is 13.4. The van der Waals surface area contributed by atoms with E-state index in [-0.39, 0.29) is 36.8 Å². The van der Waals surface area contributed by atoms with Crippen LogP contribution in [0.15, 0.2) is 24.3 Å². The fourth-order valence-corrected chi connectivity index (χ4v) is 2.82. The molecule has 2 N–H and O–H groups in total. The SMILES string of the molecule is CC1CCC(C(N)=O)CN1C(=O)CCOc1cccc(Cl)c1. The number of amides is 2. The fourth-order valence-electron chi connectivity index (χ4n) is 2.64. The number of nitrogens with zero attached hydrogens (tertiary/aromatic N) is 1. The van der Waals surface area contributed by atoms with E-state index in [1.807, 2.05) is 6.92 Å². The number of nitrogens with two attached hydrogens (primary N) is 1. The smallest absolute Gasteiger partial charge is 0.226 e. The summed E-state index contributed by atoms with van der Waals surface area (Å²) in [4.78, 5) is 25.3. The molecule has 5 nitrogen and oxygen atoms in total. The summed E-state index contributed by atoms with van der Waals surface area (Å²) >= 11 is 5.87. The van der Waals surface area contributed by atoms with Crippen molar-refractivity contribution in [3.63, 3.8) is 0 Å². The van der Waals surface area contributed by atoms with Crippen molar-refractivity contribution >= 4 is 23.4 Å². The van der Waals surface area contributed by atoms with E-state index < -0.39 is 0 Å². The van der Waals surface area contributed by atoms with Crippen LogP contribution in [0.3, 0.4) is 0 Å². The van der Waals surface area contributed by atoms with Gasteiger partial charge < -0.3 is 15.4 Å². The third-order valence-electron chi connectivity index (χ3n) is 3.99. The molecule has 0 saturated carbocycles. The summed E-state index contributed by atoms with van der Waals surface area (Å²) in [5.41, 5.74) is 5.35. The van der Waals surface area contributed by atoms with E-state index in [9.17, 15) is 9.59 Å². The van der Waals surface area contributed by atoms with Crippen molar-refractivity contribution in [3.8, 4) is 5.75 Å². The number of carbonyl (C=O) groups is 2. The maximum Gasteiger partial charge on any atom is 0.226 e. The minimum absolute atomic E-state index is 0.0134. The first-order valence-corrected chi connectivity index (χ1v) is 7.82. The van der Waals surface area contributed by atoms with Crippen molar-refractivity contribution in [2.45, 2.75) is 32.2 Å². The molecule has 120 valence electrons. The van der Waals surface area contributed by atoms with Gasteiger partial charge in [0.2, 0.25) is 11.8 Å². The molecule has 0 spiro atoms. The van der Waals surface area contributed by atoms with Crippen LogP contribution in [0, 0.1) is 5.92 Å². The lowest BCUT2D eigenvalue weighted by Crippen LogP contribution is -2.48. The monoisotopic (exact) mass is 324 g/mol. The van der Waals surface area contributed by atoms with Crippen molar-refractivity contribution in [2.24, 2.45) is 11.7 Å². The van der Waals surface area contributed by atoms with E-state index in [0.29, 0.717) is 17.3 Å². The van der Waals surface area contributed by atoms with Crippen LogP contribution in [-0.4, -0.2) is 35.9 Å². The maximum absolute atomic E-state index is 12.3. The number of ether oxygens (including phenoxy) is 1. The van der Waals surface area contributed by atoms with Gasteiger partial charge in [-0.05, 0) is 38.0 Å². The van der Waals surface area contributed by atoms with Crippen LogP contribution in [-0.2, 0) is 9.59 Å². The molecule has 6 heteroatoms. The Morgan fingerprint density at radius 2 is 2.18 bits per heavy atom. The second-order valence-corrected chi connectivity index (χ2v) is 6.06. The summed E-state index contributed by atoms with van der Waals surface area (Å²) in [5.74, 6) is 0.0522. The van der Waals surface area contributed by atoms with Gasteiger partial charge in [-0.15, -0.1) is 0 Å². The third kappa shape index (κ3) is 4.37. The number of benzene rings is 1. The molecular weight excluding hydrogens is 304 g/mol. The van der Waals surface area contributed by atoms with E-state index in [4.69, 9.17) is 22.1 Å². The average molecular weight is 325 g/mol. The largest absolute Gasteiger partial charge is 0.493 e. The number of rotatable bonds is 5. The summed E-state index contributed by atoms with van der Waals surface area (Å²) in [7, 11) is 0. The van der Waals surface area contributed by atoms with Crippen molar-refractivity contribution in [3.05, 3.63) is 29.3 Å². The zero-order valence-electron chi connectivity index (χ0n) is 12.6. The third-order valence-corrected chi connectivity index (χ3v) is 4.22. The molecule has 2 atom stereocenters. The van der Waals surface area contributed by atoms with E-state index in [2.05, 4.69) is 0 Å². The minimum atomic E-state index is -0.333. The molecule has 1 heterocycles. The standard InChI is InChI=1S/C16H21ClN2O3/c1-11-5-6-12(16(18)21)10-19(11)15(20)7-8-22-14-4-2-3-13(17)9-14/h2-4,9,11-12H,5-8,10H2,1H3,(H2,18,21). The summed E-state index contributed by atoms with van der Waals surface area (Å²) in [6, 6.07) is 7.19. The van der Waals surface area contributed by atoms with E-state index >= 15 is 0 Å². The molecule has 1 saturated heterocycles. The molecule has 1 aromatic carbocycles. The predicted molar refractivity (Wildman–Crippen MR) is 84.7 cm³/mol. The molecule has 1 aliphatic rings. The van der Waals surface area contributed by atoms with Gasteiger partial charge in [0.05, 0.1) is 18.9 Å². The normalized spacial score (nSPS) is 21.5. The van der Waals surface area contributed by atoms with Crippen molar-refractivity contribution in [2.75, 3.05) is 13.2 Å². The molecule has 2 amide bonds. The second kappa shape index (κ2) is 7.49. The van der Waals surface area contributed by atoms with Crippen LogP contribution in [0.25, 0.3) is 0 Å². The lowest BCUT2D eigenvalue weighted by molar-refractivity contribution is -0.138. The number of carbonyl (C=O) groups excluding carboxylic acids is 2. The van der Waals surface area contributed by atoms with Crippen LogP contribution in [0.5, 0.6) is 5.75 Å². The first-order valence-electron chi connectivity index (χ1n) is 7.44. The molecular formula is C16H21ClN2O3. The highest BCUT2D eigenvalue weighted by molar-refractivity contribution is 6.30. The molecule has 1 fully saturated rings. The molecule has 1 aliphatic heterocycles. The van der Waals surface area contributed by atoms with Crippen LogP contribution in [0.2, 0.25) is 5.02 Å². The van der Waals surface area contributed by atoms with Gasteiger partial charge in [-0.1, -0.05) is 17.7 Å². The Kier molecular flexibility index (Phi) is 5.66. The average Bonchev–Trinajstić information content (AvgIpc) is 2.47. The number of hydrogen-bond donors (Lipinski definition) is 1. The second-order valence-electron chi connectivity index (χ2n) is 5.63. The summed E-state index contributed by atoms with van der Waals surface area (Å²) in [6.45, 7) is 2.68. The summed E-state index contributed by atoms with van der Waals surface area (Å²) < 4.78 is 5.53. The van der Waals surface area contributed by atoms with Gasteiger partial charge in [-0.25, -0.2) is 0 Å². The Hall–Kier alpha value is -1.75. The van der Waals surface area contributed by atoms with Crippen molar-refractivity contribution in [1.82, 2.24) is 4.90 Å². The maximum atomic E-state index is 12.3. The van der Waals surface area contributed by atoms with Crippen molar-refractivity contribution in [1.29, 1.82) is 0 Å². The highest BCUT2D eigenvalue weighted by Crippen LogP contribution is 2.22. The van der Waals surface area contributed by atoms with E-state index in [1.165, 1.54) is 0 Å². The van der Waals surface area contributed by atoms with E-state index in [0.717, 1.165) is 12.8 Å². The molecule has 0 bridgehead atoms. The van der Waals surface area contributed by atoms with Gasteiger partial charge in [0.1, 0.15) is 5.75 Å². The van der Waals surface area contributed by atoms with Crippen LogP contribution in [0.1, 0.15) is 26.2 Å². The topological polar surface area (TPSA) is 72.6 Å². The molecule has 22 heavy (non-hydrogen) atoms. The van der Waals surface area contributed by atoms with Gasteiger partial charge >= 0.3 is 0 Å². The van der Waals surface area contributed by atoms with Crippen LogP contribution in [0.4, 0.5) is 0 Å². The van der Waals surface area contributed by atoms with Crippen LogP contribution < -0.4 is 10.5 Å². The fraction of sp³-hybridized carbons (Fsp3) is 0.500. The number of halogens is 1. The molecule has 0 aliphatic carbocycles. The lowest BCUT2D eigenvalue weighted by atomic mass is 9.92. The minimum Gasteiger partial charge on any atom is -0.493 e. The Labute approximate surface area is 135 Å². The van der Waals surface area contributed by atoms with Gasteiger partial charge in [-0.3, -0.25) is 9.59 Å². The van der Waals surface area contributed by atoms with Gasteiger partial charge in [-0.2, -0.15) is 0 Å². The molecule has 2 rings (SSSR count). The van der Waals surface area contributed by atoms with Gasteiger partial charge in [0.15, 0.2) is 0 Å². The van der Waals surface area contributed by atoms with Crippen LogP contribution >= 0.6 is 11.6 Å². The van der Waals surface area contributed by atoms with Gasteiger partial charge in [0, 0.05) is 17.6 Å². The van der Waals surface area contributed by atoms with E-state index in [1.54, 1.807) is 29.2 Å². The Balaban J connectivity index is 1.84. The Morgan fingerprint density at radius 3 is 2.86 bits per heavy atom. The first kappa shape index (κ1) is 16.6. The summed E-state index contributed by atoms with van der Waals surface area (Å²) in [6.07, 6.45) is 1.82. The lowest BCUT2D eigenvalue weighted by Gasteiger charge is -2.37.